The number of rotatable bonds is 15. The molecular formula is C44H59HfSn. The summed E-state index contributed by atoms with van der Waals surface area (Å²) in [5.41, 5.74) is 16.2. The van der Waals surface area contributed by atoms with Crippen molar-refractivity contribution in [1.29, 1.82) is 0 Å². The third-order valence-corrected chi connectivity index (χ3v) is 145. The maximum atomic E-state index is 2.70. The summed E-state index contributed by atoms with van der Waals surface area (Å²) < 4.78 is 7.75. The van der Waals surface area contributed by atoms with E-state index in [2.05, 4.69) is 126 Å². The van der Waals surface area contributed by atoms with Crippen molar-refractivity contribution in [1.82, 2.24) is 0 Å². The predicted molar refractivity (Wildman–Crippen MR) is 203 cm³/mol. The molecule has 0 radical (unpaired) electrons. The molecule has 4 aromatic rings. The molecule has 0 amide bonds. The molecule has 0 nitrogen and oxygen atoms in total. The van der Waals surface area contributed by atoms with Gasteiger partial charge in [0.25, 0.3) is 0 Å². The van der Waals surface area contributed by atoms with Crippen LogP contribution in [0.2, 0.25) is 17.2 Å². The van der Waals surface area contributed by atoms with Crippen LogP contribution in [0.25, 0.3) is 22.3 Å². The molecule has 0 saturated carbocycles. The van der Waals surface area contributed by atoms with Gasteiger partial charge in [-0.15, -0.1) is 0 Å². The van der Waals surface area contributed by atoms with Gasteiger partial charge in [-0.1, -0.05) is 0 Å². The Morgan fingerprint density at radius 3 is 1.28 bits per heavy atom. The van der Waals surface area contributed by atoms with Crippen LogP contribution in [0.15, 0.2) is 84.9 Å². The summed E-state index contributed by atoms with van der Waals surface area (Å²) in [6, 6.07) is 35.0. The van der Waals surface area contributed by atoms with Crippen LogP contribution in [0.3, 0.4) is 0 Å². The van der Waals surface area contributed by atoms with Crippen LogP contribution in [0, 0.1) is 13.8 Å². The number of fused-ring (bicyclic) bond motifs is 6. The van der Waals surface area contributed by atoms with Crippen molar-refractivity contribution >= 4 is 15.3 Å². The Labute approximate surface area is 285 Å². The molecule has 2 atom stereocenters. The van der Waals surface area contributed by atoms with E-state index in [0.29, 0.717) is 7.35 Å². The van der Waals surface area contributed by atoms with Crippen molar-refractivity contribution in [2.45, 2.75) is 117 Å². The molecule has 0 fully saturated rings. The van der Waals surface area contributed by atoms with E-state index in [1.165, 1.54) is 62.5 Å². The van der Waals surface area contributed by atoms with Crippen LogP contribution in [0.1, 0.15) is 120 Å². The number of hydrogen-bond acceptors (Lipinski definition) is 0. The van der Waals surface area contributed by atoms with Gasteiger partial charge < -0.3 is 0 Å². The van der Waals surface area contributed by atoms with Crippen LogP contribution in [-0.4, -0.2) is 15.3 Å². The van der Waals surface area contributed by atoms with E-state index in [1.54, 1.807) is 61.7 Å². The van der Waals surface area contributed by atoms with Crippen LogP contribution in [0.4, 0.5) is 0 Å². The Bertz CT molecular complexity index is 1550. The van der Waals surface area contributed by atoms with Gasteiger partial charge in [-0.25, -0.2) is 0 Å². The summed E-state index contributed by atoms with van der Waals surface area (Å²) in [7, 11) is 0. The zero-order chi connectivity index (χ0) is 32.3. The summed E-state index contributed by atoms with van der Waals surface area (Å²) in [5.74, 6) is 0. The van der Waals surface area contributed by atoms with Gasteiger partial charge in [-0.2, -0.15) is 0 Å². The van der Waals surface area contributed by atoms with E-state index in [4.69, 9.17) is 0 Å². The van der Waals surface area contributed by atoms with Crippen LogP contribution < -0.4 is 0 Å². The van der Waals surface area contributed by atoms with Gasteiger partial charge in [0, 0.05) is 0 Å². The van der Waals surface area contributed by atoms with Crippen LogP contribution in [-0.2, 0) is 14.4 Å². The van der Waals surface area contributed by atoms with Gasteiger partial charge in [0.05, 0.1) is 0 Å². The first-order chi connectivity index (χ1) is 22.4. The van der Waals surface area contributed by atoms with E-state index in [9.17, 15) is 0 Å². The molecule has 0 aliphatic heterocycles. The van der Waals surface area contributed by atoms with E-state index in [1.807, 2.05) is 0 Å². The second-order valence-electron chi connectivity index (χ2n) is 15.4. The minimum absolute atomic E-state index is 0.667. The van der Waals surface area contributed by atoms with Gasteiger partial charge in [0.1, 0.15) is 0 Å². The Morgan fingerprint density at radius 2 is 0.870 bits per heavy atom. The SMILES string of the molecule is CCC[CH2][SnH]([CH2]CCC)[Hf]([CH2]CCC)([CH2]CCC)([CH]1c2ccccc2-c2ccc(C)cc21)[CH]1c2ccccc2-c2ccc(C)cc21. The van der Waals surface area contributed by atoms with Crippen LogP contribution in [0.5, 0.6) is 0 Å². The number of unbranched alkanes of at least 4 members (excludes halogenated alkanes) is 4. The molecule has 0 spiro atoms. The second-order valence-corrected chi connectivity index (χ2v) is 98.9. The Hall–Kier alpha value is -1.45. The number of aryl methyl sites for hydroxylation is 2. The molecule has 0 bridgehead atoms. The first-order valence-electron chi connectivity index (χ1n) is 19.0. The third kappa shape index (κ3) is 5.60. The zero-order valence-corrected chi connectivity index (χ0v) is 36.7. The fourth-order valence-corrected chi connectivity index (χ4v) is 171. The summed E-state index contributed by atoms with van der Waals surface area (Å²) in [6.07, 6.45) is 11.1. The van der Waals surface area contributed by atoms with Crippen molar-refractivity contribution < 1.29 is 14.4 Å². The molecule has 6 rings (SSSR count). The normalized spacial score (nSPS) is 17.3. The molecule has 0 heterocycles. The average Bonchev–Trinajstić information content (AvgIpc) is 3.58. The molecule has 2 aliphatic carbocycles. The number of benzene rings is 4. The Kier molecular flexibility index (Phi) is 10.9. The predicted octanol–water partition coefficient (Wildman–Crippen LogP) is 13.6. The van der Waals surface area contributed by atoms with Gasteiger partial charge in [0.15, 0.2) is 0 Å². The van der Waals surface area contributed by atoms with Crippen molar-refractivity contribution in [3.63, 3.8) is 0 Å². The average molecular weight is 885 g/mol. The van der Waals surface area contributed by atoms with Crippen molar-refractivity contribution in [3.8, 4) is 22.3 Å². The van der Waals surface area contributed by atoms with Gasteiger partial charge in [-0.05, 0) is 0 Å². The molecular weight excluding hydrogens is 826 g/mol. The fraction of sp³-hybridized carbons (Fsp3) is 0.455. The Balaban J connectivity index is 1.83. The molecule has 243 valence electrons. The van der Waals surface area contributed by atoms with Crippen molar-refractivity contribution in [2.75, 3.05) is 0 Å². The van der Waals surface area contributed by atoms with Crippen molar-refractivity contribution in [2.24, 2.45) is 0 Å². The topological polar surface area (TPSA) is 0 Å². The summed E-state index contributed by atoms with van der Waals surface area (Å²) in [4.78, 5) is 0. The first-order valence-corrected chi connectivity index (χ1v) is 48.5. The maximum absolute atomic E-state index is 4.25. The second kappa shape index (κ2) is 14.6. The van der Waals surface area contributed by atoms with E-state index in [-0.39, 0.29) is 0 Å². The first kappa shape index (κ1) is 34.4. The monoisotopic (exact) mass is 887 g/mol. The van der Waals surface area contributed by atoms with Crippen molar-refractivity contribution in [3.05, 3.63) is 118 Å². The van der Waals surface area contributed by atoms with Gasteiger partial charge >= 0.3 is 288 Å². The quantitative estimate of drug-likeness (QED) is 0.104. The minimum atomic E-state index is -4.25. The van der Waals surface area contributed by atoms with Gasteiger partial charge in [-0.3, -0.25) is 0 Å². The standard InChI is InChI=1S/2C14H11.4C4H9.Hf.Sn.H/c2*1-10-6-7-14-12(8-10)9-11-4-2-3-5-13(11)14;4*1-3-4-2;;;/h2*2-9H,1H3;4*1,3-4H2,2H3;;;. The molecule has 4 aromatic carbocycles. The summed E-state index contributed by atoms with van der Waals surface area (Å²) in [5, 5.41) is 0. The molecule has 2 unspecified atom stereocenters. The van der Waals surface area contributed by atoms with E-state index >= 15 is 0 Å². The molecule has 46 heavy (non-hydrogen) atoms. The third-order valence-electron chi connectivity index (χ3n) is 12.8. The summed E-state index contributed by atoms with van der Waals surface area (Å²) in [6.45, 7) is 14.7. The molecule has 2 aliphatic rings. The molecule has 0 saturated heterocycles. The summed E-state index contributed by atoms with van der Waals surface area (Å²) >= 11 is -6.60. The zero-order valence-electron chi connectivity index (χ0n) is 29.8. The van der Waals surface area contributed by atoms with E-state index < -0.39 is 29.7 Å². The Morgan fingerprint density at radius 1 is 0.478 bits per heavy atom. The molecule has 2 heteroatoms. The van der Waals surface area contributed by atoms with E-state index in [0.717, 1.165) is 0 Å². The van der Waals surface area contributed by atoms with Crippen LogP contribution >= 0.6 is 0 Å². The fourth-order valence-electron chi connectivity index (χ4n) is 11.0. The van der Waals surface area contributed by atoms with Gasteiger partial charge in [0.2, 0.25) is 0 Å². The molecule has 0 aromatic heterocycles. The molecule has 0 N–H and O–H groups in total. The number of hydrogen-bond donors (Lipinski definition) is 0.